The summed E-state index contributed by atoms with van der Waals surface area (Å²) in [5, 5.41) is 5.57. The summed E-state index contributed by atoms with van der Waals surface area (Å²) in [5.74, 6) is 0. The molecule has 0 radical (unpaired) electrons. The first-order valence-corrected chi connectivity index (χ1v) is 25.7. The van der Waals surface area contributed by atoms with Crippen molar-refractivity contribution in [2.45, 2.75) is 13.8 Å². The first kappa shape index (κ1) is 38.9. The van der Waals surface area contributed by atoms with Crippen molar-refractivity contribution in [1.29, 1.82) is 0 Å². The highest BCUT2D eigenvalue weighted by atomic mass is 28.3. The van der Waals surface area contributed by atoms with E-state index in [0.29, 0.717) is 0 Å². The molecular formula is C62H45BN4Si. The SMILES string of the molecule is Cc1ccc2c(c1)[Si](c1ccccc1)(c1ccccc1)c1cc(C)ccc1N2c1cc2c3c(c1)N(c1ccccc1)c1cccc4c1B3c1c(cccc1N2c1ccccc1)N4c1ccccc1. The molecule has 0 aliphatic carbocycles. The zero-order chi connectivity index (χ0) is 45.1. The predicted molar refractivity (Wildman–Crippen MR) is 290 cm³/mol. The van der Waals surface area contributed by atoms with E-state index < -0.39 is 8.07 Å². The Labute approximate surface area is 399 Å². The van der Waals surface area contributed by atoms with Crippen molar-refractivity contribution in [1.82, 2.24) is 0 Å². The van der Waals surface area contributed by atoms with Crippen LogP contribution in [-0.4, -0.2) is 14.8 Å². The molecule has 0 spiro atoms. The molecule has 0 unspecified atom stereocenters. The normalized spacial score (nSPS) is 14.3. The Morgan fingerprint density at radius 2 is 0.603 bits per heavy atom. The molecule has 0 aromatic heterocycles. The molecule has 4 nitrogen and oxygen atoms in total. The molecule has 10 aromatic carbocycles. The largest absolute Gasteiger partial charge is 0.311 e. The molecule has 0 amide bonds. The number of aryl methyl sites for hydroxylation is 2. The number of rotatable bonds is 6. The van der Waals surface area contributed by atoms with Gasteiger partial charge in [-0.2, -0.15) is 0 Å². The Balaban J connectivity index is 1.11. The van der Waals surface area contributed by atoms with Gasteiger partial charge in [0.1, 0.15) is 0 Å². The molecule has 0 saturated carbocycles. The minimum absolute atomic E-state index is 0.00576. The molecule has 0 atom stereocenters. The number of nitrogens with zero attached hydrogens (tertiary/aromatic N) is 4. The van der Waals surface area contributed by atoms with E-state index in [1.165, 1.54) is 93.8 Å². The highest BCUT2D eigenvalue weighted by Gasteiger charge is 2.52. The standard InChI is InChI=1S/C62H45BN4Si/c1-42-34-36-50-58(38-42)68(48-26-14-6-15-27-48,49-28-16-7-17-29-49)59-39-43(2)35-37-51(59)67(50)47-40-56-62-57(41-47)66(46-24-12-5-13-25-46)55-33-19-31-53-61(55)63(62)60-52(64(53)44-20-8-3-9-21-44)30-18-32-54(60)65(56)45-22-10-4-11-23-45/h3-41H,1-2H3. The van der Waals surface area contributed by atoms with Gasteiger partial charge in [0.15, 0.2) is 8.07 Å². The van der Waals surface area contributed by atoms with Crippen LogP contribution in [0.15, 0.2) is 237 Å². The van der Waals surface area contributed by atoms with E-state index >= 15 is 0 Å². The van der Waals surface area contributed by atoms with E-state index in [2.05, 4.69) is 270 Å². The van der Waals surface area contributed by atoms with E-state index in [4.69, 9.17) is 0 Å². The van der Waals surface area contributed by atoms with Crippen LogP contribution in [-0.2, 0) is 0 Å². The molecule has 0 saturated heterocycles. The van der Waals surface area contributed by atoms with Gasteiger partial charge < -0.3 is 19.6 Å². The van der Waals surface area contributed by atoms with Gasteiger partial charge in [0.05, 0.1) is 5.69 Å². The van der Waals surface area contributed by atoms with Gasteiger partial charge in [-0.15, -0.1) is 0 Å². The van der Waals surface area contributed by atoms with Crippen molar-refractivity contribution in [3.05, 3.63) is 248 Å². The fourth-order valence-corrected chi connectivity index (χ4v) is 17.6. The molecule has 14 rings (SSSR count). The third kappa shape index (κ3) is 5.38. The van der Waals surface area contributed by atoms with E-state index in [1.54, 1.807) is 0 Å². The van der Waals surface area contributed by atoms with Crippen molar-refractivity contribution in [3.8, 4) is 0 Å². The lowest BCUT2D eigenvalue weighted by Crippen LogP contribution is -2.77. The highest BCUT2D eigenvalue weighted by molar-refractivity contribution is 7.21. The smallest absolute Gasteiger partial charge is 0.257 e. The van der Waals surface area contributed by atoms with Crippen molar-refractivity contribution in [3.63, 3.8) is 0 Å². The number of benzene rings is 10. The lowest BCUT2D eigenvalue weighted by molar-refractivity contribution is 1.20. The number of anilines is 12. The average Bonchev–Trinajstić information content (AvgIpc) is 3.39. The Hall–Kier alpha value is -8.32. The summed E-state index contributed by atoms with van der Waals surface area (Å²) in [7, 11) is -2.89. The maximum atomic E-state index is 2.60. The van der Waals surface area contributed by atoms with Crippen LogP contribution in [0.1, 0.15) is 11.1 Å². The van der Waals surface area contributed by atoms with Crippen LogP contribution in [0.5, 0.6) is 0 Å². The van der Waals surface area contributed by atoms with Crippen molar-refractivity contribution in [2.24, 2.45) is 0 Å². The van der Waals surface area contributed by atoms with Crippen molar-refractivity contribution in [2.75, 3.05) is 19.6 Å². The quantitative estimate of drug-likeness (QED) is 0.154. The summed E-state index contributed by atoms with van der Waals surface area (Å²) >= 11 is 0. The number of hydrogen-bond acceptors (Lipinski definition) is 4. The molecule has 4 heterocycles. The van der Waals surface area contributed by atoms with Crippen LogP contribution in [0.2, 0.25) is 0 Å². The third-order valence-electron chi connectivity index (χ3n) is 14.9. The number of fused-ring (bicyclic) bond motifs is 2. The lowest BCUT2D eigenvalue weighted by Gasteiger charge is -2.50. The summed E-state index contributed by atoms with van der Waals surface area (Å²) in [4.78, 5) is 10.2. The van der Waals surface area contributed by atoms with Gasteiger partial charge in [-0.1, -0.05) is 163 Å². The second kappa shape index (κ2) is 14.8. The molecule has 4 aliphatic rings. The van der Waals surface area contributed by atoms with Gasteiger partial charge in [-0.05, 0) is 136 Å². The Bertz CT molecular complexity index is 3410. The van der Waals surface area contributed by atoms with Crippen LogP contribution in [0.3, 0.4) is 0 Å². The first-order valence-electron chi connectivity index (χ1n) is 23.7. The zero-order valence-electron chi connectivity index (χ0n) is 37.9. The molecule has 0 fully saturated rings. The fourth-order valence-electron chi connectivity index (χ4n) is 12.3. The zero-order valence-corrected chi connectivity index (χ0v) is 38.9. The number of para-hydroxylation sites is 3. The van der Waals surface area contributed by atoms with Gasteiger partial charge in [-0.3, -0.25) is 0 Å². The molecule has 320 valence electrons. The Morgan fingerprint density at radius 1 is 0.279 bits per heavy atom. The second-order valence-corrected chi connectivity index (χ2v) is 22.4. The predicted octanol–water partition coefficient (Wildman–Crippen LogP) is 11.3. The third-order valence-corrected chi connectivity index (χ3v) is 19.7. The Morgan fingerprint density at radius 3 is 0.985 bits per heavy atom. The van der Waals surface area contributed by atoms with Crippen LogP contribution < -0.4 is 56.7 Å². The number of hydrogen-bond donors (Lipinski definition) is 0. The van der Waals surface area contributed by atoms with Crippen molar-refractivity contribution < 1.29 is 0 Å². The van der Waals surface area contributed by atoms with E-state index in [0.717, 1.165) is 22.7 Å². The molecule has 0 N–H and O–H groups in total. The molecule has 6 heteroatoms. The van der Waals surface area contributed by atoms with Gasteiger partial charge in [0, 0.05) is 62.6 Å². The second-order valence-electron chi connectivity index (χ2n) is 18.6. The minimum atomic E-state index is -2.89. The molecule has 4 aliphatic heterocycles. The van der Waals surface area contributed by atoms with Gasteiger partial charge in [-0.25, -0.2) is 0 Å². The van der Waals surface area contributed by atoms with Gasteiger partial charge >= 0.3 is 0 Å². The van der Waals surface area contributed by atoms with Gasteiger partial charge in [0.2, 0.25) is 0 Å². The summed E-state index contributed by atoms with van der Waals surface area (Å²) in [6, 6.07) is 89.0. The summed E-state index contributed by atoms with van der Waals surface area (Å²) in [6.45, 7) is 4.50. The van der Waals surface area contributed by atoms with E-state index in [1.807, 2.05) is 0 Å². The van der Waals surface area contributed by atoms with Gasteiger partial charge in [0.25, 0.3) is 6.71 Å². The fraction of sp³-hybridized carbons (Fsp3) is 0.0323. The van der Waals surface area contributed by atoms with E-state index in [-0.39, 0.29) is 6.71 Å². The molecule has 68 heavy (non-hydrogen) atoms. The van der Waals surface area contributed by atoms with Crippen LogP contribution >= 0.6 is 0 Å². The topological polar surface area (TPSA) is 13.0 Å². The molecular weight excluding hydrogens is 840 g/mol. The highest BCUT2D eigenvalue weighted by Crippen LogP contribution is 2.52. The minimum Gasteiger partial charge on any atom is -0.311 e. The lowest BCUT2D eigenvalue weighted by atomic mass is 9.32. The maximum absolute atomic E-state index is 2.89. The first-order chi connectivity index (χ1) is 33.6. The Kier molecular flexibility index (Phi) is 8.49. The molecule has 0 bridgehead atoms. The summed E-state index contributed by atoms with van der Waals surface area (Å²) < 4.78 is 0. The van der Waals surface area contributed by atoms with Crippen LogP contribution in [0, 0.1) is 13.8 Å². The van der Waals surface area contributed by atoms with Crippen LogP contribution in [0.4, 0.5) is 68.2 Å². The van der Waals surface area contributed by atoms with Crippen LogP contribution in [0.25, 0.3) is 0 Å². The maximum Gasteiger partial charge on any atom is 0.257 e. The van der Waals surface area contributed by atoms with Crippen molar-refractivity contribution >= 4 is 120 Å². The molecule has 10 aromatic rings. The monoisotopic (exact) mass is 884 g/mol. The average molecular weight is 885 g/mol. The summed E-state index contributed by atoms with van der Waals surface area (Å²) in [6.07, 6.45) is 0. The van der Waals surface area contributed by atoms with E-state index in [9.17, 15) is 0 Å². The summed E-state index contributed by atoms with van der Waals surface area (Å²) in [5.41, 5.74) is 20.7.